The summed E-state index contributed by atoms with van der Waals surface area (Å²) < 4.78 is 35.6. The fourth-order valence-corrected chi connectivity index (χ4v) is 18.4. The van der Waals surface area contributed by atoms with Crippen LogP contribution >= 0.6 is 0 Å². The van der Waals surface area contributed by atoms with Gasteiger partial charge in [-0.2, -0.15) is 0 Å². The summed E-state index contributed by atoms with van der Waals surface area (Å²) in [5.41, 5.74) is 13.7. The number of halogens is 2. The second-order valence-corrected chi connectivity index (χ2v) is 35.4. The third-order valence-corrected chi connectivity index (χ3v) is 25.4. The van der Waals surface area contributed by atoms with Crippen LogP contribution in [0.4, 0.5) is 20.0 Å². The standard InChI is InChI=1S/C105H179BF2N4O4/c1-11-21-27-33-39-45-51-57-63-69-75-86-81-90(82-87(76-70-64-58-52-46-40-34-28-22-12-2)96(86)79-73-67-61-55-49-43-37-31-25-15-5)109-104(114)102-94(19-9)92(17-7)100(111-102)98(113)85-99(116-106(107)108)101-93(18-8)95(20-10)103(112-101)105(115)110-91-83-88(77-71-65-59-53-47-41-35-29-23-13-3)97(80-74-68-62-56-50-44-38-32-26-16-6)89(84-91)78-72-66-60-54-48-42-36-30-24-14-4/h81-85,111-112H,11-80H2,1-10H3,(H,109,114)(H,110,115)/b99-85+. The first-order valence-electron chi connectivity index (χ1n) is 50.5. The predicted octanol–water partition coefficient (Wildman–Crippen LogP) is 34.0. The molecule has 0 spiro atoms. The van der Waals surface area contributed by atoms with Crippen molar-refractivity contribution in [2.45, 2.75) is 519 Å². The molecule has 0 aliphatic rings. The van der Waals surface area contributed by atoms with Crippen molar-refractivity contribution in [2.75, 3.05) is 10.6 Å². The molecule has 2 amide bonds. The van der Waals surface area contributed by atoms with E-state index in [2.05, 4.69) is 86.4 Å². The fourth-order valence-electron chi connectivity index (χ4n) is 18.4. The van der Waals surface area contributed by atoms with Gasteiger partial charge in [0.05, 0.1) is 11.4 Å². The number of unbranched alkanes of at least 4 members (excludes halogenated alkanes) is 54. The van der Waals surface area contributed by atoms with Crippen LogP contribution in [-0.4, -0.2) is 35.0 Å². The van der Waals surface area contributed by atoms with Crippen LogP contribution in [0.3, 0.4) is 0 Å². The van der Waals surface area contributed by atoms with Crippen molar-refractivity contribution in [2.24, 2.45) is 0 Å². The maximum atomic E-state index is 15.2. The molecular weight excluding hydrogens is 1430 g/mol. The van der Waals surface area contributed by atoms with Crippen molar-refractivity contribution in [1.82, 2.24) is 9.97 Å². The summed E-state index contributed by atoms with van der Waals surface area (Å²) in [5, 5.41) is 6.78. The van der Waals surface area contributed by atoms with Crippen LogP contribution in [0.1, 0.15) is 547 Å². The summed E-state index contributed by atoms with van der Waals surface area (Å²) in [7, 11) is -3.26. The minimum absolute atomic E-state index is 0.178. The van der Waals surface area contributed by atoms with Crippen LogP contribution in [0.15, 0.2) is 30.3 Å². The Morgan fingerprint density at radius 3 is 0.698 bits per heavy atom. The van der Waals surface area contributed by atoms with E-state index < -0.39 is 13.3 Å². The molecule has 4 aromatic rings. The van der Waals surface area contributed by atoms with Gasteiger partial charge in [-0.15, -0.1) is 0 Å². The molecule has 2 aromatic heterocycles. The number of anilines is 2. The molecule has 660 valence electrons. The van der Waals surface area contributed by atoms with E-state index in [0.717, 1.165) is 93.6 Å². The van der Waals surface area contributed by atoms with Gasteiger partial charge in [0.15, 0.2) is 0 Å². The van der Waals surface area contributed by atoms with Gasteiger partial charge in [-0.1, -0.05) is 416 Å². The molecule has 116 heavy (non-hydrogen) atoms. The lowest BCUT2D eigenvalue weighted by molar-refractivity contribution is 0.101. The van der Waals surface area contributed by atoms with Crippen LogP contribution in [-0.2, 0) is 68.9 Å². The number of benzene rings is 2. The molecule has 0 radical (unpaired) electrons. The van der Waals surface area contributed by atoms with Gasteiger partial charge in [-0.05, 0) is 183 Å². The normalized spacial score (nSPS) is 11.8. The zero-order chi connectivity index (χ0) is 83.7. The maximum Gasteiger partial charge on any atom is 0.796 e. The fraction of sp³-hybridized carbons (Fsp3) is 0.762. The van der Waals surface area contributed by atoms with Crippen LogP contribution in [0, 0.1) is 0 Å². The average Bonchev–Trinajstić information content (AvgIpc) is 1.63. The van der Waals surface area contributed by atoms with E-state index in [4.69, 9.17) is 4.65 Å². The highest BCUT2D eigenvalue weighted by molar-refractivity contribution is 6.36. The van der Waals surface area contributed by atoms with Gasteiger partial charge >= 0.3 is 7.47 Å². The molecule has 0 unspecified atom stereocenters. The number of nitrogens with one attached hydrogen (secondary N) is 4. The Hall–Kier alpha value is -4.93. The molecule has 0 saturated carbocycles. The van der Waals surface area contributed by atoms with Crippen molar-refractivity contribution in [3.63, 3.8) is 0 Å². The van der Waals surface area contributed by atoms with Gasteiger partial charge in [0.2, 0.25) is 5.78 Å². The zero-order valence-electron chi connectivity index (χ0n) is 77.4. The molecule has 0 atom stereocenters. The highest BCUT2D eigenvalue weighted by Crippen LogP contribution is 2.35. The van der Waals surface area contributed by atoms with Gasteiger partial charge < -0.3 is 25.3 Å². The largest absolute Gasteiger partial charge is 0.796 e. The Morgan fingerprint density at radius 2 is 0.474 bits per heavy atom. The molecule has 11 heteroatoms. The van der Waals surface area contributed by atoms with Crippen LogP contribution < -0.4 is 10.6 Å². The van der Waals surface area contributed by atoms with Crippen molar-refractivity contribution in [3.05, 3.63) is 109 Å². The first kappa shape index (κ1) is 103. The lowest BCUT2D eigenvalue weighted by atomic mass is 9.89. The van der Waals surface area contributed by atoms with Crippen molar-refractivity contribution in [3.8, 4) is 0 Å². The number of ketones is 1. The minimum Gasteiger partial charge on any atom is -0.503 e. The summed E-state index contributed by atoms with van der Waals surface area (Å²) in [6.07, 6.45) is 86.0. The highest BCUT2D eigenvalue weighted by Gasteiger charge is 2.31. The quantitative estimate of drug-likeness (QED) is 0.0116. The zero-order valence-corrected chi connectivity index (χ0v) is 77.4. The Morgan fingerprint density at radius 1 is 0.276 bits per heavy atom. The van der Waals surface area contributed by atoms with Gasteiger partial charge in [0.1, 0.15) is 17.1 Å². The number of hydrogen-bond donors (Lipinski definition) is 4. The van der Waals surface area contributed by atoms with E-state index in [1.807, 2.05) is 27.7 Å². The molecule has 8 nitrogen and oxygen atoms in total. The molecular formula is C105H179BF2N4O4. The summed E-state index contributed by atoms with van der Waals surface area (Å²) in [6, 6.07) is 9.04. The molecule has 0 aliphatic heterocycles. The smallest absolute Gasteiger partial charge is 0.503 e. The van der Waals surface area contributed by atoms with Crippen molar-refractivity contribution >= 4 is 42.2 Å². The Labute approximate surface area is 713 Å². The van der Waals surface area contributed by atoms with Gasteiger partial charge in [-0.25, -0.2) is 8.63 Å². The van der Waals surface area contributed by atoms with E-state index in [1.54, 1.807) is 0 Å². The predicted molar refractivity (Wildman–Crippen MR) is 503 cm³/mol. The molecule has 4 rings (SSSR count). The molecule has 0 saturated heterocycles. The maximum absolute atomic E-state index is 15.2. The Balaban J connectivity index is 1.74. The van der Waals surface area contributed by atoms with Crippen molar-refractivity contribution < 1.29 is 27.7 Å². The summed E-state index contributed by atoms with van der Waals surface area (Å²) in [6.45, 7) is 21.6. The monoisotopic (exact) mass is 1610 g/mol. The first-order chi connectivity index (χ1) is 56.9. The third-order valence-electron chi connectivity index (χ3n) is 25.4. The molecule has 4 N–H and O–H groups in total. The number of aryl methyl sites for hydroxylation is 4. The topological polar surface area (TPSA) is 116 Å². The van der Waals surface area contributed by atoms with Crippen molar-refractivity contribution in [1.29, 1.82) is 0 Å². The molecule has 2 aromatic carbocycles. The lowest BCUT2D eigenvalue weighted by Gasteiger charge is -2.19. The highest BCUT2D eigenvalue weighted by atomic mass is 19.2. The Bertz CT molecular complexity index is 3090. The minimum atomic E-state index is -3.26. The molecule has 2 heterocycles. The second-order valence-electron chi connectivity index (χ2n) is 35.4. The number of carbonyl (C=O) groups excluding carboxylic acids is 3. The number of amides is 2. The van der Waals surface area contributed by atoms with Crippen LogP contribution in [0.2, 0.25) is 0 Å². The number of carbonyl (C=O) groups is 3. The SMILES string of the molecule is CCCCCCCCCCCCc1cc(NC(=O)c2[nH]c(C(=O)/C=C(/OB(F)F)c3[nH]c(C(=O)Nc4cc(CCCCCCCCCCCC)c(CCCCCCCCCCCC)c(CCCCCCCCCCCC)c4)c(CC)c3CC)c(CC)c2CC)cc(CCCCCCCCCCCC)c1CCCCCCCCCCCC. The summed E-state index contributed by atoms with van der Waals surface area (Å²) >= 11 is 0. The number of hydrogen-bond acceptors (Lipinski definition) is 4. The first-order valence-corrected chi connectivity index (χ1v) is 50.5. The molecule has 0 aliphatic carbocycles. The van der Waals surface area contributed by atoms with Gasteiger partial charge in [-0.3, -0.25) is 14.4 Å². The number of H-pyrrole nitrogens is 2. The van der Waals surface area contributed by atoms with Gasteiger partial charge in [0, 0.05) is 17.5 Å². The van der Waals surface area contributed by atoms with Crippen LogP contribution in [0.25, 0.3) is 5.76 Å². The number of rotatable bonds is 79. The van der Waals surface area contributed by atoms with Crippen LogP contribution in [0.5, 0.6) is 0 Å². The van der Waals surface area contributed by atoms with Gasteiger partial charge in [0.25, 0.3) is 11.8 Å². The lowest BCUT2D eigenvalue weighted by Crippen LogP contribution is -2.16. The average molecular weight is 1610 g/mol. The van der Waals surface area contributed by atoms with E-state index >= 15 is 23.0 Å². The van der Waals surface area contributed by atoms with E-state index in [9.17, 15) is 0 Å². The molecule has 0 fully saturated rings. The Kier molecular flexibility index (Phi) is 61.2. The number of aromatic nitrogens is 2. The van der Waals surface area contributed by atoms with E-state index in [-0.39, 0.29) is 34.7 Å². The summed E-state index contributed by atoms with van der Waals surface area (Å²) in [4.78, 5) is 52.2. The number of allylic oxidation sites excluding steroid dienone is 1. The molecule has 0 bridgehead atoms. The summed E-state index contributed by atoms with van der Waals surface area (Å²) in [5.74, 6) is -1.58. The van der Waals surface area contributed by atoms with E-state index in [0.29, 0.717) is 48.1 Å². The van der Waals surface area contributed by atoms with E-state index in [1.165, 1.54) is 387 Å². The number of aromatic amines is 2. The second kappa shape index (κ2) is 68.7. The third kappa shape index (κ3) is 43.5.